The molecule has 0 aliphatic carbocycles. The number of hydrogen-bond donors (Lipinski definition) is 0. The highest BCUT2D eigenvalue weighted by Crippen LogP contribution is 2.35. The van der Waals surface area contributed by atoms with E-state index in [9.17, 15) is 19.3 Å². The molecule has 16 heavy (non-hydrogen) atoms. The van der Waals surface area contributed by atoms with Gasteiger partial charge in [-0.05, 0) is 31.9 Å². The van der Waals surface area contributed by atoms with Gasteiger partial charge >= 0.3 is 5.97 Å². The van der Waals surface area contributed by atoms with Crippen LogP contribution < -0.4 is 0 Å². The van der Waals surface area contributed by atoms with Crippen molar-refractivity contribution in [1.82, 2.24) is 0 Å². The lowest BCUT2D eigenvalue weighted by atomic mass is 10.2. The van der Waals surface area contributed by atoms with E-state index in [1.165, 1.54) is 0 Å². The molecule has 0 saturated heterocycles. The Morgan fingerprint density at radius 2 is 2.12 bits per heavy atom. The Morgan fingerprint density at radius 3 is 2.56 bits per heavy atom. The van der Waals surface area contributed by atoms with Crippen molar-refractivity contribution in [2.24, 2.45) is 0 Å². The fraction of sp³-hybridized carbons (Fsp3) is 0.125. The lowest BCUT2D eigenvalue weighted by Crippen LogP contribution is -2.08. The van der Waals surface area contributed by atoms with Gasteiger partial charge in [0.05, 0.1) is 16.5 Å². The van der Waals surface area contributed by atoms with Gasteiger partial charge in [-0.2, -0.15) is 0 Å². The van der Waals surface area contributed by atoms with Crippen LogP contribution in [0.25, 0.3) is 0 Å². The molecule has 0 aromatic heterocycles. The maximum Gasteiger partial charge on any atom is 0.342 e. The third-order valence-electron chi connectivity index (χ3n) is 1.72. The second-order valence-electron chi connectivity index (χ2n) is 2.63. The molecule has 0 spiro atoms. The fourth-order valence-corrected chi connectivity index (χ4v) is 2.01. The Morgan fingerprint density at radius 1 is 1.56 bits per heavy atom. The summed E-state index contributed by atoms with van der Waals surface area (Å²) in [5, 5.41) is 10.6. The topological polar surface area (TPSA) is 69.4 Å². The van der Waals surface area contributed by atoms with E-state index in [0.717, 1.165) is 13.2 Å². The second-order valence-corrected chi connectivity index (χ2v) is 4.28. The van der Waals surface area contributed by atoms with Gasteiger partial charge < -0.3 is 4.74 Å². The molecule has 1 aromatic carbocycles. The van der Waals surface area contributed by atoms with Crippen LogP contribution in [-0.4, -0.2) is 18.0 Å². The van der Waals surface area contributed by atoms with Crippen LogP contribution in [0.3, 0.4) is 0 Å². The summed E-state index contributed by atoms with van der Waals surface area (Å²) in [5.41, 5.74) is -0.933. The average Bonchev–Trinajstić information content (AvgIpc) is 2.22. The Hall–Kier alpha value is -1.02. The first kappa shape index (κ1) is 13.0. The minimum atomic E-state index is -0.992. The Balaban J connectivity index is 3.58. The highest BCUT2D eigenvalue weighted by atomic mass is 79.9. The van der Waals surface area contributed by atoms with Crippen LogP contribution in [0.2, 0.25) is 0 Å². The number of esters is 1. The Labute approximate surface area is 106 Å². The number of halogens is 3. The van der Waals surface area contributed by atoms with Gasteiger partial charge in [0, 0.05) is 6.07 Å². The number of rotatable bonds is 2. The molecular weight excluding hydrogens is 353 g/mol. The predicted octanol–water partition coefficient (Wildman–Crippen LogP) is 3.05. The Kier molecular flexibility index (Phi) is 3.98. The molecule has 0 saturated carbocycles. The van der Waals surface area contributed by atoms with Crippen LogP contribution in [0, 0.1) is 15.9 Å². The summed E-state index contributed by atoms with van der Waals surface area (Å²) in [6.07, 6.45) is 0. The molecule has 0 aliphatic heterocycles. The predicted molar refractivity (Wildman–Crippen MR) is 59.8 cm³/mol. The van der Waals surface area contributed by atoms with Gasteiger partial charge in [-0.25, -0.2) is 9.18 Å². The SMILES string of the molecule is COC(=O)c1c(F)c(Br)cc([N+](=O)[O-])c1Br. The van der Waals surface area contributed by atoms with Gasteiger partial charge in [-0.3, -0.25) is 10.1 Å². The summed E-state index contributed by atoms with van der Waals surface area (Å²) in [5.74, 6) is -1.90. The first-order chi connectivity index (χ1) is 7.40. The van der Waals surface area contributed by atoms with Gasteiger partial charge in [-0.15, -0.1) is 0 Å². The smallest absolute Gasteiger partial charge is 0.342 e. The summed E-state index contributed by atoms with van der Waals surface area (Å²) < 4.78 is 17.5. The quantitative estimate of drug-likeness (QED) is 0.353. The van der Waals surface area contributed by atoms with E-state index in [4.69, 9.17) is 0 Å². The molecule has 86 valence electrons. The zero-order chi connectivity index (χ0) is 12.5. The van der Waals surface area contributed by atoms with Crippen molar-refractivity contribution in [3.63, 3.8) is 0 Å². The number of nitro benzene ring substituents is 1. The standard InChI is InChI=1S/C8H4Br2FNO4/c1-16-8(13)5-6(10)4(12(14)15)2-3(9)7(5)11/h2H,1H3. The molecule has 1 aromatic rings. The molecule has 5 nitrogen and oxygen atoms in total. The molecule has 0 heterocycles. The van der Waals surface area contributed by atoms with E-state index >= 15 is 0 Å². The van der Waals surface area contributed by atoms with E-state index in [0.29, 0.717) is 0 Å². The molecule has 0 atom stereocenters. The third kappa shape index (κ3) is 2.22. The van der Waals surface area contributed by atoms with Crippen molar-refractivity contribution in [3.8, 4) is 0 Å². The van der Waals surface area contributed by atoms with E-state index in [2.05, 4.69) is 36.6 Å². The average molecular weight is 357 g/mol. The van der Waals surface area contributed by atoms with Crippen molar-refractivity contribution in [2.75, 3.05) is 7.11 Å². The molecule has 0 fully saturated rings. The van der Waals surface area contributed by atoms with Gasteiger partial charge in [0.15, 0.2) is 5.82 Å². The fourth-order valence-electron chi connectivity index (χ4n) is 1.00. The summed E-state index contributed by atoms with van der Waals surface area (Å²) in [7, 11) is 1.06. The molecule has 8 heteroatoms. The number of ether oxygens (including phenoxy) is 1. The largest absolute Gasteiger partial charge is 0.465 e. The van der Waals surface area contributed by atoms with E-state index < -0.39 is 28.0 Å². The minimum Gasteiger partial charge on any atom is -0.465 e. The molecule has 0 unspecified atom stereocenters. The van der Waals surface area contributed by atoms with Crippen molar-refractivity contribution in [2.45, 2.75) is 0 Å². The zero-order valence-corrected chi connectivity index (χ0v) is 11.0. The number of methoxy groups -OCH3 is 1. The van der Waals surface area contributed by atoms with Gasteiger partial charge in [0.25, 0.3) is 5.69 Å². The van der Waals surface area contributed by atoms with Crippen LogP contribution in [-0.2, 0) is 4.74 Å². The van der Waals surface area contributed by atoms with Gasteiger partial charge in [0.1, 0.15) is 10.0 Å². The van der Waals surface area contributed by atoms with Crippen LogP contribution in [0.4, 0.5) is 10.1 Å². The molecule has 0 radical (unpaired) electrons. The summed E-state index contributed by atoms with van der Waals surface area (Å²) in [6.45, 7) is 0. The number of carbonyl (C=O) groups is 1. The summed E-state index contributed by atoms with van der Waals surface area (Å²) in [6, 6.07) is 0.964. The highest BCUT2D eigenvalue weighted by Gasteiger charge is 2.27. The zero-order valence-electron chi connectivity index (χ0n) is 7.79. The first-order valence-corrected chi connectivity index (χ1v) is 5.39. The monoisotopic (exact) mass is 355 g/mol. The van der Waals surface area contributed by atoms with E-state index in [1.54, 1.807) is 0 Å². The minimum absolute atomic E-state index is 0.178. The van der Waals surface area contributed by atoms with Crippen molar-refractivity contribution >= 4 is 43.5 Å². The lowest BCUT2D eigenvalue weighted by Gasteiger charge is -2.06. The number of hydrogen-bond acceptors (Lipinski definition) is 4. The number of benzene rings is 1. The molecular formula is C8H4Br2FNO4. The number of carbonyl (C=O) groups excluding carboxylic acids is 1. The number of nitrogens with zero attached hydrogens (tertiary/aromatic N) is 1. The normalized spacial score (nSPS) is 10.0. The van der Waals surface area contributed by atoms with Crippen LogP contribution >= 0.6 is 31.9 Å². The molecule has 0 N–H and O–H groups in total. The Bertz CT molecular complexity index is 478. The van der Waals surface area contributed by atoms with Crippen LogP contribution in [0.5, 0.6) is 0 Å². The number of nitro groups is 1. The molecule has 0 aliphatic rings. The molecule has 0 amide bonds. The summed E-state index contributed by atoms with van der Waals surface area (Å²) >= 11 is 5.59. The van der Waals surface area contributed by atoms with Crippen LogP contribution in [0.1, 0.15) is 10.4 Å². The highest BCUT2D eigenvalue weighted by molar-refractivity contribution is 9.11. The summed E-state index contributed by atoms with van der Waals surface area (Å²) in [4.78, 5) is 21.1. The molecule has 0 bridgehead atoms. The maximum absolute atomic E-state index is 13.5. The van der Waals surface area contributed by atoms with E-state index in [-0.39, 0.29) is 8.95 Å². The van der Waals surface area contributed by atoms with Crippen LogP contribution in [0.15, 0.2) is 15.0 Å². The third-order valence-corrected chi connectivity index (χ3v) is 3.10. The van der Waals surface area contributed by atoms with Gasteiger partial charge in [0.2, 0.25) is 0 Å². The van der Waals surface area contributed by atoms with Crippen molar-refractivity contribution in [1.29, 1.82) is 0 Å². The lowest BCUT2D eigenvalue weighted by molar-refractivity contribution is -0.385. The van der Waals surface area contributed by atoms with Crippen molar-refractivity contribution in [3.05, 3.63) is 36.5 Å². The maximum atomic E-state index is 13.5. The first-order valence-electron chi connectivity index (χ1n) is 3.80. The van der Waals surface area contributed by atoms with Gasteiger partial charge in [-0.1, -0.05) is 0 Å². The van der Waals surface area contributed by atoms with E-state index in [1.807, 2.05) is 0 Å². The molecule has 1 rings (SSSR count). The van der Waals surface area contributed by atoms with Crippen molar-refractivity contribution < 1.29 is 18.8 Å². The second kappa shape index (κ2) is 4.88.